The zero-order valence-corrected chi connectivity index (χ0v) is 25.6. The molecule has 0 spiro atoms. The molecule has 0 bridgehead atoms. The predicted octanol–water partition coefficient (Wildman–Crippen LogP) is 9.49. The average Bonchev–Trinajstić information content (AvgIpc) is 3.24. The van der Waals surface area contributed by atoms with Crippen LogP contribution in [0.25, 0.3) is 22.3 Å². The summed E-state index contributed by atoms with van der Waals surface area (Å²) in [4.78, 5) is 26.6. The summed E-state index contributed by atoms with van der Waals surface area (Å²) in [5, 5.41) is 0.496. The predicted molar refractivity (Wildman–Crippen MR) is 164 cm³/mol. The summed E-state index contributed by atoms with van der Waals surface area (Å²) in [5.41, 5.74) is 6.37. The Labute approximate surface area is 259 Å². The van der Waals surface area contributed by atoms with Crippen LogP contribution >= 0.6 is 11.6 Å². The third-order valence-corrected chi connectivity index (χ3v) is 8.27. The Bertz CT molecular complexity index is 1770. The van der Waals surface area contributed by atoms with E-state index < -0.39 is 35.9 Å². The van der Waals surface area contributed by atoms with Crippen LogP contribution in [0.1, 0.15) is 56.8 Å². The lowest BCUT2D eigenvalue weighted by Crippen LogP contribution is -2.31. The molecule has 4 aromatic carbocycles. The maximum Gasteiger partial charge on any atom is 0.416 e. The monoisotopic (exact) mass is 621 g/mol. The Hall–Kier alpha value is -4.30. The molecule has 1 aliphatic heterocycles. The molecule has 0 radical (unpaired) electrons. The largest absolute Gasteiger partial charge is 0.465 e. The summed E-state index contributed by atoms with van der Waals surface area (Å²) in [6.07, 6.45) is -5.79. The molecule has 1 amide bonds. The third-order valence-electron chi connectivity index (χ3n) is 7.94. The fraction of sp³-hybridized carbons (Fsp3) is 0.257. The highest BCUT2D eigenvalue weighted by atomic mass is 35.5. The highest BCUT2D eigenvalue weighted by Gasteiger charge is 2.41. The minimum Gasteiger partial charge on any atom is -0.465 e. The van der Waals surface area contributed by atoms with E-state index in [4.69, 9.17) is 21.1 Å². The van der Waals surface area contributed by atoms with E-state index in [9.17, 15) is 22.8 Å². The SMILES string of the molecule is COC(=O)c1ccc(-c2ccc(Cl)c(-c3ccc(C)cc3C3OC(=O)N(Cc4cc(C)cc(C(F)(F)F)c4)[C@@H]3C)c2)c(C)c1. The molecule has 44 heavy (non-hydrogen) atoms. The molecule has 5 nitrogen and oxygen atoms in total. The molecule has 2 atom stereocenters. The Kier molecular flexibility index (Phi) is 8.49. The van der Waals surface area contributed by atoms with Crippen molar-refractivity contribution < 1.29 is 32.2 Å². The van der Waals surface area contributed by atoms with Crippen molar-refractivity contribution in [2.75, 3.05) is 7.11 Å². The van der Waals surface area contributed by atoms with Crippen LogP contribution in [0.3, 0.4) is 0 Å². The summed E-state index contributed by atoms with van der Waals surface area (Å²) >= 11 is 6.76. The molecule has 0 N–H and O–H groups in total. The van der Waals surface area contributed by atoms with Crippen LogP contribution in [-0.4, -0.2) is 30.1 Å². The van der Waals surface area contributed by atoms with Crippen LogP contribution in [0.5, 0.6) is 0 Å². The average molecular weight is 622 g/mol. The quantitative estimate of drug-likeness (QED) is 0.201. The van der Waals surface area contributed by atoms with Crippen LogP contribution in [0.4, 0.5) is 18.0 Å². The number of alkyl halides is 3. The zero-order valence-electron chi connectivity index (χ0n) is 24.9. The number of cyclic esters (lactones) is 1. The van der Waals surface area contributed by atoms with Gasteiger partial charge < -0.3 is 9.47 Å². The smallest absolute Gasteiger partial charge is 0.416 e. The number of amides is 1. The molecular weight excluding hydrogens is 591 g/mol. The first-order valence-electron chi connectivity index (χ1n) is 14.0. The third kappa shape index (κ3) is 6.17. The van der Waals surface area contributed by atoms with Gasteiger partial charge in [0.1, 0.15) is 6.10 Å². The highest BCUT2D eigenvalue weighted by molar-refractivity contribution is 6.33. The molecule has 4 aromatic rings. The number of nitrogens with zero attached hydrogens (tertiary/aromatic N) is 1. The number of benzene rings is 4. The first kappa shape index (κ1) is 31.1. The van der Waals surface area contributed by atoms with E-state index >= 15 is 0 Å². The van der Waals surface area contributed by atoms with Crippen molar-refractivity contribution >= 4 is 23.7 Å². The normalized spacial score (nSPS) is 16.7. The first-order valence-corrected chi connectivity index (χ1v) is 14.4. The van der Waals surface area contributed by atoms with Gasteiger partial charge in [-0.25, -0.2) is 9.59 Å². The second kappa shape index (κ2) is 12.0. The van der Waals surface area contributed by atoms with E-state index in [1.165, 1.54) is 12.0 Å². The number of carbonyl (C=O) groups is 2. The van der Waals surface area contributed by atoms with Crippen molar-refractivity contribution in [1.82, 2.24) is 4.90 Å². The van der Waals surface area contributed by atoms with Crippen molar-refractivity contribution in [1.29, 1.82) is 0 Å². The van der Waals surface area contributed by atoms with Gasteiger partial charge in [0, 0.05) is 22.7 Å². The van der Waals surface area contributed by atoms with Gasteiger partial charge in [-0.05, 0) is 91.9 Å². The van der Waals surface area contributed by atoms with Crippen molar-refractivity contribution in [2.24, 2.45) is 0 Å². The number of aryl methyl sites for hydroxylation is 3. The molecule has 1 fully saturated rings. The molecule has 228 valence electrons. The Morgan fingerprint density at radius 1 is 0.909 bits per heavy atom. The van der Waals surface area contributed by atoms with Gasteiger partial charge in [-0.15, -0.1) is 0 Å². The summed E-state index contributed by atoms with van der Waals surface area (Å²) in [6.45, 7) is 7.24. The van der Waals surface area contributed by atoms with Gasteiger partial charge in [0.15, 0.2) is 0 Å². The van der Waals surface area contributed by atoms with E-state index in [0.29, 0.717) is 21.7 Å². The molecule has 0 aromatic heterocycles. The molecule has 0 saturated carbocycles. The van der Waals surface area contributed by atoms with Crippen LogP contribution in [0.2, 0.25) is 5.02 Å². The van der Waals surface area contributed by atoms with E-state index in [1.54, 1.807) is 31.2 Å². The molecule has 1 aliphatic rings. The number of esters is 1. The Balaban J connectivity index is 1.51. The number of carbonyl (C=O) groups excluding carboxylic acids is 2. The van der Waals surface area contributed by atoms with Crippen LogP contribution < -0.4 is 0 Å². The highest BCUT2D eigenvalue weighted by Crippen LogP contribution is 2.42. The minimum atomic E-state index is -4.49. The van der Waals surface area contributed by atoms with E-state index in [0.717, 1.165) is 51.1 Å². The van der Waals surface area contributed by atoms with Crippen LogP contribution in [0.15, 0.2) is 72.8 Å². The number of methoxy groups -OCH3 is 1. The van der Waals surface area contributed by atoms with E-state index in [2.05, 4.69) is 0 Å². The van der Waals surface area contributed by atoms with Gasteiger partial charge in [0.25, 0.3) is 0 Å². The maximum absolute atomic E-state index is 13.5. The second-order valence-corrected chi connectivity index (χ2v) is 11.6. The molecule has 1 saturated heterocycles. The van der Waals surface area contributed by atoms with Gasteiger partial charge in [-0.3, -0.25) is 4.90 Å². The maximum atomic E-state index is 13.5. The summed E-state index contributed by atoms with van der Waals surface area (Å²) in [7, 11) is 1.34. The van der Waals surface area contributed by atoms with Gasteiger partial charge in [0.2, 0.25) is 0 Å². The summed E-state index contributed by atoms with van der Waals surface area (Å²) < 4.78 is 51.1. The molecule has 1 unspecified atom stereocenters. The van der Waals surface area contributed by atoms with Crippen LogP contribution in [0, 0.1) is 20.8 Å². The van der Waals surface area contributed by atoms with Gasteiger partial charge in [-0.2, -0.15) is 13.2 Å². The van der Waals surface area contributed by atoms with Gasteiger partial charge >= 0.3 is 18.2 Å². The Morgan fingerprint density at radius 3 is 2.32 bits per heavy atom. The first-order chi connectivity index (χ1) is 20.8. The number of hydrogen-bond donors (Lipinski definition) is 0. The number of halogens is 4. The van der Waals surface area contributed by atoms with Crippen molar-refractivity contribution in [2.45, 2.75) is 52.6 Å². The standard InChI is InChI=1S/C35H31ClF3NO4/c1-19-6-9-28(29-17-24(8-11-31(29)36)27-10-7-25(15-21(27)3)33(41)43-5)30(14-19)32-22(4)40(34(42)44-32)18-23-12-20(2)13-26(16-23)35(37,38)39/h6-17,22,32H,18H2,1-5H3/t22-,32?/m1/s1. The fourth-order valence-electron chi connectivity index (χ4n) is 5.74. The molecular formula is C35H31ClF3NO4. The topological polar surface area (TPSA) is 55.8 Å². The molecule has 0 aliphatic carbocycles. The fourth-order valence-corrected chi connectivity index (χ4v) is 5.96. The lowest BCUT2D eigenvalue weighted by molar-refractivity contribution is -0.137. The van der Waals surface area contributed by atoms with Crippen molar-refractivity contribution in [3.63, 3.8) is 0 Å². The summed E-state index contributed by atoms with van der Waals surface area (Å²) in [5.74, 6) is -0.418. The van der Waals surface area contributed by atoms with Crippen LogP contribution in [-0.2, 0) is 22.2 Å². The summed E-state index contributed by atoms with van der Waals surface area (Å²) in [6, 6.07) is 20.2. The van der Waals surface area contributed by atoms with Crippen molar-refractivity contribution in [3.8, 4) is 22.3 Å². The van der Waals surface area contributed by atoms with E-state index in [1.807, 2.05) is 57.2 Å². The van der Waals surface area contributed by atoms with Crippen molar-refractivity contribution in [3.05, 3.63) is 117 Å². The molecule has 1 heterocycles. The molecule has 9 heteroatoms. The number of rotatable bonds is 6. The van der Waals surface area contributed by atoms with Gasteiger partial charge in [0.05, 0.1) is 24.3 Å². The lowest BCUT2D eigenvalue weighted by Gasteiger charge is -2.24. The Morgan fingerprint density at radius 2 is 1.64 bits per heavy atom. The van der Waals surface area contributed by atoms with Gasteiger partial charge in [-0.1, -0.05) is 59.1 Å². The second-order valence-electron chi connectivity index (χ2n) is 11.2. The number of ether oxygens (including phenoxy) is 2. The minimum absolute atomic E-state index is 0.0283. The van der Waals surface area contributed by atoms with E-state index in [-0.39, 0.29) is 6.54 Å². The lowest BCUT2D eigenvalue weighted by atomic mass is 9.89. The molecule has 5 rings (SSSR count). The zero-order chi connectivity index (χ0) is 31.9. The number of hydrogen-bond acceptors (Lipinski definition) is 4.